The molecule has 0 N–H and O–H groups in total. The van der Waals surface area contributed by atoms with E-state index in [1.165, 1.54) is 0 Å². The maximum atomic E-state index is 12.3. The van der Waals surface area contributed by atoms with Crippen LogP contribution >= 0.6 is 0 Å². The number of likely N-dealkylation sites (tertiary alicyclic amines) is 1. The zero-order valence-electron chi connectivity index (χ0n) is 12.5. The van der Waals surface area contributed by atoms with Crippen molar-refractivity contribution in [1.82, 2.24) is 4.90 Å². The summed E-state index contributed by atoms with van der Waals surface area (Å²) in [5.74, 6) is 0.0536. The Labute approximate surface area is 120 Å². The molecular weight excluding hydrogens is 254 g/mol. The zero-order chi connectivity index (χ0) is 14.6. The van der Waals surface area contributed by atoms with Crippen molar-refractivity contribution in [3.63, 3.8) is 0 Å². The number of hydrogen-bond acceptors (Lipinski definition) is 3. The number of carbonyl (C=O) groups is 1. The Balaban J connectivity index is 2.28. The number of ether oxygens (including phenoxy) is 2. The van der Waals surface area contributed by atoms with Crippen LogP contribution in [0.25, 0.3) is 0 Å². The third-order valence-electron chi connectivity index (χ3n) is 4.12. The van der Waals surface area contributed by atoms with Gasteiger partial charge in [-0.1, -0.05) is 37.3 Å². The third-order valence-corrected chi connectivity index (χ3v) is 4.12. The first kappa shape index (κ1) is 15.0. The van der Waals surface area contributed by atoms with Crippen molar-refractivity contribution >= 4 is 5.91 Å². The maximum Gasteiger partial charge on any atom is 0.255 e. The summed E-state index contributed by atoms with van der Waals surface area (Å²) < 4.78 is 10.9. The van der Waals surface area contributed by atoms with Gasteiger partial charge in [0.15, 0.2) is 6.10 Å². The van der Waals surface area contributed by atoms with Crippen molar-refractivity contribution in [1.29, 1.82) is 0 Å². The summed E-state index contributed by atoms with van der Waals surface area (Å²) in [7, 11) is 1.61. The summed E-state index contributed by atoms with van der Waals surface area (Å²) in [4.78, 5) is 14.2. The molecule has 1 heterocycles. The fourth-order valence-electron chi connectivity index (χ4n) is 3.14. The van der Waals surface area contributed by atoms with Gasteiger partial charge in [-0.2, -0.15) is 0 Å². The van der Waals surface area contributed by atoms with E-state index in [2.05, 4.69) is 19.1 Å². The first-order chi connectivity index (χ1) is 9.72. The van der Waals surface area contributed by atoms with Gasteiger partial charge in [0, 0.05) is 20.3 Å². The van der Waals surface area contributed by atoms with Crippen LogP contribution < -0.4 is 0 Å². The molecule has 2 atom stereocenters. The number of hydrogen-bond donors (Lipinski definition) is 0. The van der Waals surface area contributed by atoms with Crippen LogP contribution in [0.15, 0.2) is 30.3 Å². The standard InChI is InChI=1S/C16H23NO3/c1-4-16(13-9-7-6-8-10-13)14(19-3)15(18)17(16)11-12-20-5-2/h6-10,14H,4-5,11-12H2,1-3H3. The third kappa shape index (κ3) is 2.23. The van der Waals surface area contributed by atoms with Gasteiger partial charge in [-0.3, -0.25) is 4.79 Å². The number of benzene rings is 1. The van der Waals surface area contributed by atoms with Crippen LogP contribution in [0.2, 0.25) is 0 Å². The molecule has 0 radical (unpaired) electrons. The van der Waals surface area contributed by atoms with Crippen molar-refractivity contribution in [2.45, 2.75) is 31.9 Å². The minimum absolute atomic E-state index is 0.0536. The van der Waals surface area contributed by atoms with Crippen LogP contribution in [0.5, 0.6) is 0 Å². The van der Waals surface area contributed by atoms with Crippen LogP contribution in [0, 0.1) is 0 Å². The first-order valence-electron chi connectivity index (χ1n) is 7.19. The van der Waals surface area contributed by atoms with Crippen LogP contribution in [0.1, 0.15) is 25.8 Å². The number of nitrogens with zero attached hydrogens (tertiary/aromatic N) is 1. The Morgan fingerprint density at radius 1 is 1.25 bits per heavy atom. The minimum Gasteiger partial charge on any atom is -0.380 e. The normalized spacial score (nSPS) is 25.6. The molecular formula is C16H23NO3. The molecule has 1 aliphatic rings. The molecule has 4 nitrogen and oxygen atoms in total. The summed E-state index contributed by atoms with van der Waals surface area (Å²) in [6.45, 7) is 5.89. The van der Waals surface area contributed by atoms with Gasteiger partial charge in [0.1, 0.15) is 5.54 Å². The predicted octanol–water partition coefficient (Wildman–Crippen LogP) is 2.19. The average molecular weight is 277 g/mol. The monoisotopic (exact) mass is 277 g/mol. The molecule has 110 valence electrons. The van der Waals surface area contributed by atoms with Gasteiger partial charge in [0.2, 0.25) is 0 Å². The Bertz CT molecular complexity index is 448. The lowest BCUT2D eigenvalue weighted by molar-refractivity contribution is -0.195. The molecule has 4 heteroatoms. The van der Waals surface area contributed by atoms with Crippen LogP contribution in [-0.4, -0.2) is 43.8 Å². The van der Waals surface area contributed by atoms with Crippen molar-refractivity contribution in [3.05, 3.63) is 35.9 Å². The van der Waals surface area contributed by atoms with Gasteiger partial charge >= 0.3 is 0 Å². The topological polar surface area (TPSA) is 38.8 Å². The molecule has 1 aromatic rings. The van der Waals surface area contributed by atoms with E-state index >= 15 is 0 Å². The van der Waals surface area contributed by atoms with E-state index in [1.807, 2.05) is 30.0 Å². The highest BCUT2D eigenvalue weighted by molar-refractivity contribution is 5.91. The van der Waals surface area contributed by atoms with Crippen LogP contribution in [-0.2, 0) is 19.8 Å². The molecule has 1 saturated heterocycles. The highest BCUT2D eigenvalue weighted by Crippen LogP contribution is 2.45. The van der Waals surface area contributed by atoms with Gasteiger partial charge in [0.25, 0.3) is 5.91 Å². The second-order valence-corrected chi connectivity index (χ2v) is 4.95. The SMILES string of the molecule is CCOCCN1C(=O)C(OC)C1(CC)c1ccccc1. The van der Waals surface area contributed by atoms with Gasteiger partial charge in [0.05, 0.1) is 6.61 Å². The number of methoxy groups -OCH3 is 1. The summed E-state index contributed by atoms with van der Waals surface area (Å²) in [6.07, 6.45) is 0.435. The molecule has 2 rings (SSSR count). The van der Waals surface area contributed by atoms with E-state index in [0.29, 0.717) is 19.8 Å². The van der Waals surface area contributed by atoms with E-state index in [0.717, 1.165) is 12.0 Å². The van der Waals surface area contributed by atoms with E-state index in [-0.39, 0.29) is 11.4 Å². The maximum absolute atomic E-state index is 12.3. The molecule has 0 bridgehead atoms. The Morgan fingerprint density at radius 3 is 2.50 bits per heavy atom. The Hall–Kier alpha value is -1.39. The zero-order valence-corrected chi connectivity index (χ0v) is 12.5. The highest BCUT2D eigenvalue weighted by atomic mass is 16.5. The molecule has 0 aromatic heterocycles. The van der Waals surface area contributed by atoms with Gasteiger partial charge < -0.3 is 14.4 Å². The highest BCUT2D eigenvalue weighted by Gasteiger charge is 2.60. The van der Waals surface area contributed by atoms with Crippen molar-refractivity contribution in [2.75, 3.05) is 26.9 Å². The fraction of sp³-hybridized carbons (Fsp3) is 0.562. The number of carbonyl (C=O) groups excluding carboxylic acids is 1. The molecule has 1 amide bonds. The lowest BCUT2D eigenvalue weighted by Gasteiger charge is -2.57. The van der Waals surface area contributed by atoms with Crippen LogP contribution in [0.3, 0.4) is 0 Å². The predicted molar refractivity (Wildman–Crippen MR) is 77.4 cm³/mol. The first-order valence-corrected chi connectivity index (χ1v) is 7.19. The lowest BCUT2D eigenvalue weighted by Crippen LogP contribution is -2.72. The smallest absolute Gasteiger partial charge is 0.255 e. The van der Waals surface area contributed by atoms with Crippen molar-refractivity contribution in [2.24, 2.45) is 0 Å². The molecule has 1 fully saturated rings. The van der Waals surface area contributed by atoms with Crippen molar-refractivity contribution in [3.8, 4) is 0 Å². The molecule has 20 heavy (non-hydrogen) atoms. The Kier molecular flexibility index (Phi) is 4.78. The Morgan fingerprint density at radius 2 is 1.95 bits per heavy atom. The molecule has 1 aliphatic heterocycles. The number of rotatable bonds is 7. The lowest BCUT2D eigenvalue weighted by atomic mass is 9.73. The minimum atomic E-state index is -0.392. The van der Waals surface area contributed by atoms with Gasteiger partial charge in [-0.15, -0.1) is 0 Å². The second-order valence-electron chi connectivity index (χ2n) is 4.95. The summed E-state index contributed by atoms with van der Waals surface area (Å²) >= 11 is 0. The number of β-lactam (4-membered cyclic amide) rings is 1. The average Bonchev–Trinajstić information content (AvgIpc) is 2.49. The van der Waals surface area contributed by atoms with E-state index in [4.69, 9.17) is 9.47 Å². The van der Waals surface area contributed by atoms with Gasteiger partial charge in [-0.25, -0.2) is 0 Å². The molecule has 0 spiro atoms. The van der Waals surface area contributed by atoms with Gasteiger partial charge in [-0.05, 0) is 18.9 Å². The van der Waals surface area contributed by atoms with E-state index in [1.54, 1.807) is 7.11 Å². The number of amides is 1. The van der Waals surface area contributed by atoms with E-state index < -0.39 is 6.10 Å². The summed E-state index contributed by atoms with van der Waals surface area (Å²) in [5, 5.41) is 0. The quantitative estimate of drug-likeness (QED) is 0.566. The van der Waals surface area contributed by atoms with Crippen molar-refractivity contribution < 1.29 is 14.3 Å². The van der Waals surface area contributed by atoms with E-state index in [9.17, 15) is 4.79 Å². The largest absolute Gasteiger partial charge is 0.380 e. The summed E-state index contributed by atoms with van der Waals surface area (Å²) in [6, 6.07) is 10.1. The summed E-state index contributed by atoms with van der Waals surface area (Å²) in [5.41, 5.74) is 0.773. The molecule has 0 aliphatic carbocycles. The molecule has 0 saturated carbocycles. The van der Waals surface area contributed by atoms with Crippen LogP contribution in [0.4, 0.5) is 0 Å². The molecule has 1 aromatic carbocycles. The molecule has 2 unspecified atom stereocenters. The fourth-order valence-corrected chi connectivity index (χ4v) is 3.14. The second kappa shape index (κ2) is 6.37.